The third kappa shape index (κ3) is 2.14. The van der Waals surface area contributed by atoms with Crippen LogP contribution in [0.25, 0.3) is 0 Å². The van der Waals surface area contributed by atoms with Crippen molar-refractivity contribution in [2.45, 2.75) is 50.7 Å². The van der Waals surface area contributed by atoms with Gasteiger partial charge in [-0.1, -0.05) is 0 Å². The molecule has 2 bridgehead atoms. The third-order valence-corrected chi connectivity index (χ3v) is 4.08. The minimum atomic E-state index is 0.594. The van der Waals surface area contributed by atoms with Crippen molar-refractivity contribution < 1.29 is 0 Å². The Morgan fingerprint density at radius 2 is 1.76 bits per heavy atom. The molecule has 0 aromatic carbocycles. The molecule has 0 saturated carbocycles. The van der Waals surface area contributed by atoms with E-state index < -0.39 is 0 Å². The fourth-order valence-corrected chi connectivity index (χ4v) is 3.07. The van der Waals surface area contributed by atoms with Gasteiger partial charge in [-0.3, -0.25) is 0 Å². The Bertz CT molecular complexity index is 377. The SMILES string of the molecule is Cc1cnc(N(C)C2CC3CCC(C2)N3)nc1. The molecule has 17 heavy (non-hydrogen) atoms. The fourth-order valence-electron chi connectivity index (χ4n) is 3.07. The Kier molecular flexibility index (Phi) is 2.74. The standard InChI is InChI=1S/C13H20N4/c1-9-7-14-13(15-8-9)17(2)12-5-10-3-4-11(6-12)16-10/h7-8,10-12,16H,3-6H2,1-2H3. The minimum Gasteiger partial charge on any atom is -0.341 e. The maximum absolute atomic E-state index is 4.42. The Hall–Kier alpha value is -1.16. The quantitative estimate of drug-likeness (QED) is 0.839. The zero-order valence-corrected chi connectivity index (χ0v) is 10.6. The molecule has 3 rings (SSSR count). The molecule has 1 aromatic heterocycles. The number of nitrogens with one attached hydrogen (secondary N) is 1. The molecule has 1 N–H and O–H groups in total. The van der Waals surface area contributed by atoms with Gasteiger partial charge in [-0.15, -0.1) is 0 Å². The van der Waals surface area contributed by atoms with Crippen LogP contribution in [0.15, 0.2) is 12.4 Å². The van der Waals surface area contributed by atoms with E-state index in [1.165, 1.54) is 25.7 Å². The highest BCUT2D eigenvalue weighted by atomic mass is 15.3. The lowest BCUT2D eigenvalue weighted by molar-refractivity contribution is 0.352. The number of rotatable bonds is 2. The van der Waals surface area contributed by atoms with Crippen molar-refractivity contribution in [1.29, 1.82) is 0 Å². The molecule has 2 saturated heterocycles. The summed E-state index contributed by atoms with van der Waals surface area (Å²) in [5, 5.41) is 3.67. The summed E-state index contributed by atoms with van der Waals surface area (Å²) in [5.74, 6) is 0.863. The lowest BCUT2D eigenvalue weighted by Crippen LogP contribution is -2.47. The van der Waals surface area contributed by atoms with Crippen molar-refractivity contribution in [3.05, 3.63) is 18.0 Å². The van der Waals surface area contributed by atoms with Crippen molar-refractivity contribution >= 4 is 5.95 Å². The molecule has 2 fully saturated rings. The second kappa shape index (κ2) is 4.26. The predicted octanol–water partition coefficient (Wildman–Crippen LogP) is 1.50. The first kappa shape index (κ1) is 11.0. The molecule has 2 atom stereocenters. The highest BCUT2D eigenvalue weighted by Crippen LogP contribution is 2.30. The van der Waals surface area contributed by atoms with Crippen molar-refractivity contribution in [3.63, 3.8) is 0 Å². The summed E-state index contributed by atoms with van der Waals surface area (Å²) >= 11 is 0. The number of fused-ring (bicyclic) bond motifs is 2. The van der Waals surface area contributed by atoms with Gasteiger partial charge in [0.1, 0.15) is 0 Å². The summed E-state index contributed by atoms with van der Waals surface area (Å²) in [7, 11) is 2.13. The number of hydrogen-bond acceptors (Lipinski definition) is 4. The van der Waals surface area contributed by atoms with E-state index in [4.69, 9.17) is 0 Å². The summed E-state index contributed by atoms with van der Waals surface area (Å²) in [5.41, 5.74) is 1.12. The Morgan fingerprint density at radius 3 is 2.35 bits per heavy atom. The smallest absolute Gasteiger partial charge is 0.225 e. The molecule has 2 aliphatic rings. The minimum absolute atomic E-state index is 0.594. The summed E-state index contributed by atoms with van der Waals surface area (Å²) in [6.45, 7) is 2.02. The molecule has 0 radical (unpaired) electrons. The van der Waals surface area contributed by atoms with Gasteiger partial charge in [0.15, 0.2) is 0 Å². The van der Waals surface area contributed by atoms with Gasteiger partial charge in [-0.05, 0) is 38.2 Å². The molecule has 4 heteroatoms. The van der Waals surface area contributed by atoms with Crippen LogP contribution in [0.4, 0.5) is 5.95 Å². The number of hydrogen-bond donors (Lipinski definition) is 1. The predicted molar refractivity (Wildman–Crippen MR) is 68.1 cm³/mol. The van der Waals surface area contributed by atoms with Crippen LogP contribution in [0.5, 0.6) is 0 Å². The van der Waals surface area contributed by atoms with Gasteiger partial charge in [0.25, 0.3) is 0 Å². The number of aryl methyl sites for hydroxylation is 1. The average molecular weight is 232 g/mol. The molecule has 92 valence electrons. The molecular formula is C13H20N4. The molecule has 3 heterocycles. The molecule has 0 aliphatic carbocycles. The molecule has 2 aliphatic heterocycles. The largest absolute Gasteiger partial charge is 0.341 e. The molecule has 0 spiro atoms. The van der Waals surface area contributed by atoms with Gasteiger partial charge in [-0.25, -0.2) is 9.97 Å². The molecule has 2 unspecified atom stereocenters. The molecule has 4 nitrogen and oxygen atoms in total. The van der Waals surface area contributed by atoms with E-state index >= 15 is 0 Å². The maximum Gasteiger partial charge on any atom is 0.225 e. The van der Waals surface area contributed by atoms with Gasteiger partial charge in [-0.2, -0.15) is 0 Å². The third-order valence-electron chi connectivity index (χ3n) is 4.08. The molecule has 1 aromatic rings. The zero-order chi connectivity index (χ0) is 11.8. The summed E-state index contributed by atoms with van der Waals surface area (Å²) in [4.78, 5) is 11.1. The lowest BCUT2D eigenvalue weighted by atomic mass is 9.99. The lowest BCUT2D eigenvalue weighted by Gasteiger charge is -2.35. The Morgan fingerprint density at radius 1 is 1.18 bits per heavy atom. The maximum atomic E-state index is 4.42. The van der Waals surface area contributed by atoms with E-state index in [9.17, 15) is 0 Å². The van der Waals surface area contributed by atoms with Crippen molar-refractivity contribution in [2.75, 3.05) is 11.9 Å². The van der Waals surface area contributed by atoms with Crippen LogP contribution in [0.1, 0.15) is 31.2 Å². The van der Waals surface area contributed by atoms with Crippen molar-refractivity contribution in [1.82, 2.24) is 15.3 Å². The Labute approximate surface area is 102 Å². The van der Waals surface area contributed by atoms with Crippen molar-refractivity contribution in [3.8, 4) is 0 Å². The Balaban J connectivity index is 1.73. The van der Waals surface area contributed by atoms with Crippen LogP contribution in [-0.2, 0) is 0 Å². The molecule has 0 amide bonds. The monoisotopic (exact) mass is 232 g/mol. The topological polar surface area (TPSA) is 41.1 Å². The normalized spacial score (nSPS) is 31.5. The second-order valence-electron chi connectivity index (χ2n) is 5.43. The summed E-state index contributed by atoms with van der Waals surface area (Å²) in [6.07, 6.45) is 8.92. The number of anilines is 1. The van der Waals surface area contributed by atoms with Gasteiger partial charge >= 0.3 is 0 Å². The molecular weight excluding hydrogens is 212 g/mol. The first-order valence-corrected chi connectivity index (χ1v) is 6.50. The van der Waals surface area contributed by atoms with E-state index in [2.05, 4.69) is 27.2 Å². The van der Waals surface area contributed by atoms with Crippen LogP contribution in [-0.4, -0.2) is 35.1 Å². The van der Waals surface area contributed by atoms with E-state index in [-0.39, 0.29) is 0 Å². The second-order valence-corrected chi connectivity index (χ2v) is 5.43. The van der Waals surface area contributed by atoms with Gasteiger partial charge in [0.2, 0.25) is 5.95 Å². The number of piperidine rings is 1. The van der Waals surface area contributed by atoms with Gasteiger partial charge in [0, 0.05) is 37.6 Å². The summed E-state index contributed by atoms with van der Waals surface area (Å²) < 4.78 is 0. The van der Waals surface area contributed by atoms with Gasteiger partial charge in [0.05, 0.1) is 0 Å². The summed E-state index contributed by atoms with van der Waals surface area (Å²) in [6, 6.07) is 2.02. The average Bonchev–Trinajstić information content (AvgIpc) is 2.68. The highest BCUT2D eigenvalue weighted by molar-refractivity contribution is 5.31. The van der Waals surface area contributed by atoms with E-state index in [0.717, 1.165) is 11.5 Å². The van der Waals surface area contributed by atoms with Crippen LogP contribution >= 0.6 is 0 Å². The van der Waals surface area contributed by atoms with E-state index in [1.54, 1.807) is 0 Å². The van der Waals surface area contributed by atoms with E-state index in [0.29, 0.717) is 18.1 Å². The van der Waals surface area contributed by atoms with Crippen LogP contribution in [0.2, 0.25) is 0 Å². The van der Waals surface area contributed by atoms with Crippen LogP contribution in [0, 0.1) is 6.92 Å². The first-order chi connectivity index (χ1) is 8.22. The van der Waals surface area contributed by atoms with Crippen molar-refractivity contribution in [2.24, 2.45) is 0 Å². The zero-order valence-electron chi connectivity index (χ0n) is 10.6. The fraction of sp³-hybridized carbons (Fsp3) is 0.692. The van der Waals surface area contributed by atoms with Gasteiger partial charge < -0.3 is 10.2 Å². The highest BCUT2D eigenvalue weighted by Gasteiger charge is 2.35. The number of nitrogens with zero attached hydrogens (tertiary/aromatic N) is 3. The number of aromatic nitrogens is 2. The first-order valence-electron chi connectivity index (χ1n) is 6.50. The van der Waals surface area contributed by atoms with Crippen LogP contribution < -0.4 is 10.2 Å². The van der Waals surface area contributed by atoms with E-state index in [1.807, 2.05) is 19.3 Å². The van der Waals surface area contributed by atoms with Crippen LogP contribution in [0.3, 0.4) is 0 Å².